The summed E-state index contributed by atoms with van der Waals surface area (Å²) >= 11 is 0. The maximum Gasteiger partial charge on any atom is 0.252 e. The molecule has 1 fully saturated rings. The predicted molar refractivity (Wildman–Crippen MR) is 245 cm³/mol. The summed E-state index contributed by atoms with van der Waals surface area (Å²) in [5.74, 6) is 0. The van der Waals surface area contributed by atoms with Crippen LogP contribution in [0.15, 0.2) is 127 Å². The smallest absolute Gasteiger partial charge is 0.252 e. The number of hydrogen-bond acceptors (Lipinski definition) is 3. The molecule has 4 heteroatoms. The van der Waals surface area contributed by atoms with Crippen LogP contribution in [0.2, 0.25) is 0 Å². The van der Waals surface area contributed by atoms with Crippen molar-refractivity contribution in [3.05, 3.63) is 150 Å². The van der Waals surface area contributed by atoms with E-state index in [-0.39, 0.29) is 28.5 Å². The van der Waals surface area contributed by atoms with Gasteiger partial charge in [0, 0.05) is 45.2 Å². The van der Waals surface area contributed by atoms with E-state index < -0.39 is 0 Å². The van der Waals surface area contributed by atoms with Gasteiger partial charge in [-0.05, 0) is 125 Å². The van der Waals surface area contributed by atoms with Crippen LogP contribution < -0.4 is 31.1 Å². The zero-order chi connectivity index (χ0) is 39.6. The van der Waals surface area contributed by atoms with Crippen molar-refractivity contribution in [2.75, 3.05) is 14.7 Å². The van der Waals surface area contributed by atoms with E-state index in [0.29, 0.717) is 0 Å². The number of anilines is 8. The first-order valence-electron chi connectivity index (χ1n) is 21.3. The lowest BCUT2D eigenvalue weighted by Crippen LogP contribution is -2.64. The fourth-order valence-corrected chi connectivity index (χ4v) is 11.1. The molecule has 0 aromatic heterocycles. The van der Waals surface area contributed by atoms with Crippen molar-refractivity contribution < 1.29 is 0 Å². The van der Waals surface area contributed by atoms with E-state index in [1.54, 1.807) is 5.56 Å². The second kappa shape index (κ2) is 12.4. The van der Waals surface area contributed by atoms with Crippen molar-refractivity contribution in [2.24, 2.45) is 0 Å². The molecule has 1 aliphatic carbocycles. The molecule has 0 amide bonds. The molecule has 10 rings (SSSR count). The van der Waals surface area contributed by atoms with Crippen LogP contribution in [0.5, 0.6) is 0 Å². The number of nitrogens with zero attached hydrogens (tertiary/aromatic N) is 3. The molecule has 6 aromatic rings. The molecule has 3 nitrogen and oxygen atoms in total. The second-order valence-electron chi connectivity index (χ2n) is 19.9. The minimum absolute atomic E-state index is 0.00552. The summed E-state index contributed by atoms with van der Waals surface area (Å²) < 4.78 is 0. The Morgan fingerprint density at radius 2 is 1.21 bits per heavy atom. The van der Waals surface area contributed by atoms with Crippen molar-refractivity contribution in [2.45, 2.75) is 110 Å². The van der Waals surface area contributed by atoms with E-state index in [4.69, 9.17) is 0 Å². The van der Waals surface area contributed by atoms with E-state index in [1.807, 2.05) is 0 Å². The summed E-state index contributed by atoms with van der Waals surface area (Å²) in [5.41, 5.74) is 20.0. The standard InChI is InChI=1S/C53H56BN3/c1-35-29-42-49-44(30-35)54-43-26-25-37(51(5,6)7)32-45(43)56(40-24-18-19-36(31-40)50(2,3)4)46-33-41(55(38-20-12-10-13-21-38)39-22-14-11-15-23-39)34-47(48(46)54)57(49)53(9)28-17-16-27-52(42,53)8/h10-15,18-26,29-34H,16-17,27-28H2,1-9H3. The Balaban J connectivity index is 1.36. The largest absolute Gasteiger partial charge is 0.335 e. The summed E-state index contributed by atoms with van der Waals surface area (Å²) in [4.78, 5) is 7.97. The van der Waals surface area contributed by atoms with Gasteiger partial charge < -0.3 is 14.7 Å². The summed E-state index contributed by atoms with van der Waals surface area (Å²) in [6, 6.07) is 48.9. The number of para-hydroxylation sites is 2. The molecule has 3 aliphatic heterocycles. The molecule has 2 unspecified atom stereocenters. The van der Waals surface area contributed by atoms with Crippen molar-refractivity contribution in [3.8, 4) is 0 Å². The van der Waals surface area contributed by atoms with Gasteiger partial charge in [0.2, 0.25) is 0 Å². The van der Waals surface area contributed by atoms with Gasteiger partial charge in [-0.25, -0.2) is 0 Å². The molecule has 4 aliphatic rings. The van der Waals surface area contributed by atoms with Gasteiger partial charge in [-0.3, -0.25) is 0 Å². The highest BCUT2D eigenvalue weighted by molar-refractivity contribution is 7.00. The summed E-state index contributed by atoms with van der Waals surface area (Å²) in [6.07, 6.45) is 4.90. The normalized spacial score (nSPS) is 20.5. The molecule has 57 heavy (non-hydrogen) atoms. The van der Waals surface area contributed by atoms with Crippen LogP contribution in [0.25, 0.3) is 0 Å². The van der Waals surface area contributed by atoms with Gasteiger partial charge >= 0.3 is 0 Å². The third kappa shape index (κ3) is 5.25. The van der Waals surface area contributed by atoms with Crippen LogP contribution in [0.4, 0.5) is 45.5 Å². The Hall–Kier alpha value is -5.22. The monoisotopic (exact) mass is 745 g/mol. The molecule has 0 spiro atoms. The maximum atomic E-state index is 2.86. The topological polar surface area (TPSA) is 9.72 Å². The predicted octanol–water partition coefficient (Wildman–Crippen LogP) is 12.4. The molecule has 1 saturated carbocycles. The molecule has 6 aromatic carbocycles. The van der Waals surface area contributed by atoms with Gasteiger partial charge in [-0.2, -0.15) is 0 Å². The third-order valence-corrected chi connectivity index (χ3v) is 14.3. The third-order valence-electron chi connectivity index (χ3n) is 14.3. The number of benzene rings is 6. The van der Waals surface area contributed by atoms with Crippen molar-refractivity contribution in [1.29, 1.82) is 0 Å². The van der Waals surface area contributed by atoms with Gasteiger partial charge in [-0.1, -0.05) is 140 Å². The molecule has 286 valence electrons. The van der Waals surface area contributed by atoms with Crippen LogP contribution in [0.3, 0.4) is 0 Å². The second-order valence-corrected chi connectivity index (χ2v) is 19.9. The number of aryl methyl sites for hydroxylation is 1. The van der Waals surface area contributed by atoms with Crippen LogP contribution in [0, 0.1) is 6.92 Å². The van der Waals surface area contributed by atoms with Gasteiger partial charge in [0.05, 0.1) is 11.2 Å². The zero-order valence-corrected chi connectivity index (χ0v) is 35.4. The lowest BCUT2D eigenvalue weighted by atomic mass is 9.33. The Morgan fingerprint density at radius 1 is 0.579 bits per heavy atom. The Labute approximate surface area is 341 Å². The fourth-order valence-electron chi connectivity index (χ4n) is 11.1. The van der Waals surface area contributed by atoms with Crippen molar-refractivity contribution >= 4 is 68.6 Å². The fraction of sp³-hybridized carbons (Fsp3) is 0.321. The SMILES string of the molecule is Cc1cc2c3c(c1)C1(C)CCCCC1(C)N3c1cc(N(c3ccccc3)c3ccccc3)cc3c1B2c1ccc(C(C)(C)C)cc1N3c1cccc(C(C)(C)C)c1. The summed E-state index contributed by atoms with van der Waals surface area (Å²) in [7, 11) is 0. The quantitative estimate of drug-likeness (QED) is 0.166. The minimum Gasteiger partial charge on any atom is -0.335 e. The van der Waals surface area contributed by atoms with E-state index in [0.717, 1.165) is 11.4 Å². The van der Waals surface area contributed by atoms with Crippen molar-refractivity contribution in [3.63, 3.8) is 0 Å². The first-order valence-corrected chi connectivity index (χ1v) is 21.3. The first kappa shape index (κ1) is 36.1. The van der Waals surface area contributed by atoms with Gasteiger partial charge in [0.15, 0.2) is 0 Å². The average Bonchev–Trinajstić information content (AvgIpc) is 3.39. The molecular formula is C53H56BN3. The van der Waals surface area contributed by atoms with Crippen LogP contribution in [-0.2, 0) is 16.2 Å². The summed E-state index contributed by atoms with van der Waals surface area (Å²) in [5, 5.41) is 0. The molecular weight excluding hydrogens is 689 g/mol. The van der Waals surface area contributed by atoms with Gasteiger partial charge in [0.25, 0.3) is 6.71 Å². The number of hydrogen-bond donors (Lipinski definition) is 0. The van der Waals surface area contributed by atoms with E-state index >= 15 is 0 Å². The average molecular weight is 746 g/mol. The molecule has 0 saturated heterocycles. The van der Waals surface area contributed by atoms with Crippen LogP contribution >= 0.6 is 0 Å². The Kier molecular flexibility index (Phi) is 7.86. The molecule has 0 radical (unpaired) electrons. The van der Waals surface area contributed by atoms with E-state index in [1.165, 1.54) is 92.9 Å². The minimum atomic E-state index is -0.0643. The zero-order valence-electron chi connectivity index (χ0n) is 35.4. The highest BCUT2D eigenvalue weighted by Gasteiger charge is 2.61. The number of rotatable bonds is 4. The highest BCUT2D eigenvalue weighted by Crippen LogP contribution is 2.62. The van der Waals surface area contributed by atoms with Gasteiger partial charge in [0.1, 0.15) is 0 Å². The lowest BCUT2D eigenvalue weighted by Gasteiger charge is -2.53. The van der Waals surface area contributed by atoms with Crippen molar-refractivity contribution in [1.82, 2.24) is 0 Å². The van der Waals surface area contributed by atoms with E-state index in [9.17, 15) is 0 Å². The lowest BCUT2D eigenvalue weighted by molar-refractivity contribution is 0.195. The van der Waals surface area contributed by atoms with Gasteiger partial charge in [-0.15, -0.1) is 0 Å². The first-order chi connectivity index (χ1) is 27.2. The van der Waals surface area contributed by atoms with E-state index in [2.05, 4.69) is 204 Å². The summed E-state index contributed by atoms with van der Waals surface area (Å²) in [6.45, 7) is 21.6. The Morgan fingerprint density at radius 3 is 1.88 bits per heavy atom. The highest BCUT2D eigenvalue weighted by atomic mass is 15.3. The molecule has 0 bridgehead atoms. The maximum absolute atomic E-state index is 2.86. The molecule has 3 heterocycles. The molecule has 2 atom stereocenters. The number of fused-ring (bicyclic) bond motifs is 7. The molecule has 0 N–H and O–H groups in total. The van der Waals surface area contributed by atoms with Crippen LogP contribution in [-0.4, -0.2) is 12.3 Å². The Bertz CT molecular complexity index is 2520. The van der Waals surface area contributed by atoms with Crippen LogP contribution in [0.1, 0.15) is 103 Å².